The molecule has 112 valence electrons. The second kappa shape index (κ2) is 10.5. The summed E-state index contributed by atoms with van der Waals surface area (Å²) >= 11 is 0. The van der Waals surface area contributed by atoms with Gasteiger partial charge in [0.1, 0.15) is 11.3 Å². The number of methoxy groups -OCH3 is 1. The summed E-state index contributed by atoms with van der Waals surface area (Å²) in [6, 6.07) is 19.1. The van der Waals surface area contributed by atoms with Crippen molar-refractivity contribution in [3.8, 4) is 5.75 Å². The van der Waals surface area contributed by atoms with E-state index in [0.717, 1.165) is 12.8 Å². The van der Waals surface area contributed by atoms with Gasteiger partial charge in [-0.25, -0.2) is 4.79 Å². The summed E-state index contributed by atoms with van der Waals surface area (Å²) in [4.78, 5) is 11.4. The number of para-hydroxylation sites is 1. The van der Waals surface area contributed by atoms with Gasteiger partial charge in [-0.15, -0.1) is 0 Å². The van der Waals surface area contributed by atoms with Crippen LogP contribution in [0.5, 0.6) is 5.75 Å². The molecule has 0 heterocycles. The van der Waals surface area contributed by atoms with Crippen LogP contribution < -0.4 is 4.74 Å². The Morgan fingerprint density at radius 1 is 0.952 bits per heavy atom. The van der Waals surface area contributed by atoms with Crippen molar-refractivity contribution in [3.05, 3.63) is 66.2 Å². The summed E-state index contributed by atoms with van der Waals surface area (Å²) in [5.41, 5.74) is 0.483. The Morgan fingerprint density at radius 2 is 1.52 bits per heavy atom. The van der Waals surface area contributed by atoms with Crippen molar-refractivity contribution >= 4 is 5.97 Å². The molecule has 21 heavy (non-hydrogen) atoms. The molecule has 2 aromatic rings. The first-order valence-corrected chi connectivity index (χ1v) is 7.09. The van der Waals surface area contributed by atoms with Crippen molar-refractivity contribution in [2.45, 2.75) is 19.8 Å². The summed E-state index contributed by atoms with van der Waals surface area (Å²) in [5.74, 6) is 0.236. The summed E-state index contributed by atoms with van der Waals surface area (Å²) in [6.07, 6.45) is 2.05. The molecular formula is C18H22O3. The molecule has 0 aliphatic rings. The van der Waals surface area contributed by atoms with E-state index >= 15 is 0 Å². The Balaban J connectivity index is 0.000000304. The van der Waals surface area contributed by atoms with Gasteiger partial charge in [-0.3, -0.25) is 0 Å². The van der Waals surface area contributed by atoms with Crippen LogP contribution >= 0.6 is 0 Å². The lowest BCUT2D eigenvalue weighted by atomic mass is 10.2. The van der Waals surface area contributed by atoms with Crippen LogP contribution in [0.25, 0.3) is 0 Å². The molecule has 0 aliphatic carbocycles. The average molecular weight is 286 g/mol. The fourth-order valence-electron chi connectivity index (χ4n) is 1.58. The van der Waals surface area contributed by atoms with Crippen molar-refractivity contribution in [1.29, 1.82) is 0 Å². The van der Waals surface area contributed by atoms with Gasteiger partial charge in [0.15, 0.2) is 0 Å². The van der Waals surface area contributed by atoms with Crippen LogP contribution in [0.2, 0.25) is 0 Å². The number of hydrogen-bond acceptors (Lipinski definition) is 3. The van der Waals surface area contributed by atoms with Gasteiger partial charge in [0, 0.05) is 0 Å². The molecule has 0 saturated carbocycles. The summed E-state index contributed by atoms with van der Waals surface area (Å²) in [5, 5.41) is 0. The van der Waals surface area contributed by atoms with E-state index in [4.69, 9.17) is 4.74 Å². The van der Waals surface area contributed by atoms with Gasteiger partial charge in [0.2, 0.25) is 0 Å². The Morgan fingerprint density at radius 3 is 2.05 bits per heavy atom. The number of hydrogen-bond donors (Lipinski definition) is 0. The van der Waals surface area contributed by atoms with Crippen LogP contribution in [0, 0.1) is 0 Å². The zero-order chi connectivity index (χ0) is 15.3. The molecule has 0 atom stereocenters. The zero-order valence-corrected chi connectivity index (χ0v) is 12.6. The van der Waals surface area contributed by atoms with E-state index in [1.807, 2.05) is 42.5 Å². The topological polar surface area (TPSA) is 35.5 Å². The zero-order valence-electron chi connectivity index (χ0n) is 12.6. The van der Waals surface area contributed by atoms with E-state index in [0.29, 0.717) is 17.9 Å². The Kier molecular flexibility index (Phi) is 8.38. The quantitative estimate of drug-likeness (QED) is 0.606. The third kappa shape index (κ3) is 6.61. The van der Waals surface area contributed by atoms with Crippen LogP contribution in [0.1, 0.15) is 30.1 Å². The number of rotatable bonds is 5. The third-order valence-electron chi connectivity index (χ3n) is 2.71. The fourth-order valence-corrected chi connectivity index (χ4v) is 1.58. The lowest BCUT2D eigenvalue weighted by molar-refractivity contribution is 0.0596. The minimum atomic E-state index is -0.359. The third-order valence-corrected chi connectivity index (χ3v) is 2.71. The van der Waals surface area contributed by atoms with Crippen molar-refractivity contribution < 1.29 is 14.3 Å². The Labute approximate surface area is 126 Å². The Hall–Kier alpha value is -2.29. The molecule has 0 N–H and O–H groups in total. The minimum Gasteiger partial charge on any atom is -0.493 e. The maximum absolute atomic E-state index is 11.4. The number of benzene rings is 2. The van der Waals surface area contributed by atoms with E-state index in [1.54, 1.807) is 18.2 Å². The van der Waals surface area contributed by atoms with Crippen molar-refractivity contribution in [3.63, 3.8) is 0 Å². The number of ether oxygens (including phenoxy) is 2. The number of carbonyl (C=O) groups excluding carboxylic acids is 1. The van der Waals surface area contributed by atoms with Crippen LogP contribution in [-0.2, 0) is 4.74 Å². The first-order chi connectivity index (χ1) is 10.3. The first kappa shape index (κ1) is 16.8. The largest absolute Gasteiger partial charge is 0.493 e. The van der Waals surface area contributed by atoms with Crippen LogP contribution in [0.4, 0.5) is 0 Å². The highest BCUT2D eigenvalue weighted by molar-refractivity contribution is 5.92. The van der Waals surface area contributed by atoms with Gasteiger partial charge in [-0.2, -0.15) is 0 Å². The van der Waals surface area contributed by atoms with Crippen LogP contribution in [0.3, 0.4) is 0 Å². The predicted octanol–water partition coefficient (Wildman–Crippen LogP) is 4.34. The molecular weight excluding hydrogens is 264 g/mol. The standard InChI is InChI=1S/C12H16O3.C6H6/c1-3-4-9-15-11-8-6-5-7-10(11)12(13)14-2;1-2-4-6-5-3-1/h5-8H,3-4,9H2,1-2H3;1-6H. The minimum absolute atomic E-state index is 0.359. The lowest BCUT2D eigenvalue weighted by Gasteiger charge is -2.09. The SMILES string of the molecule is CCCCOc1ccccc1C(=O)OC.c1ccccc1. The second-order valence-corrected chi connectivity index (χ2v) is 4.34. The van der Waals surface area contributed by atoms with Gasteiger partial charge >= 0.3 is 5.97 Å². The molecule has 0 spiro atoms. The summed E-state index contributed by atoms with van der Waals surface area (Å²) in [6.45, 7) is 2.72. The predicted molar refractivity (Wildman–Crippen MR) is 84.6 cm³/mol. The molecule has 0 bridgehead atoms. The van der Waals surface area contributed by atoms with Gasteiger partial charge in [-0.1, -0.05) is 61.9 Å². The monoisotopic (exact) mass is 286 g/mol. The highest BCUT2D eigenvalue weighted by atomic mass is 16.5. The molecule has 0 fully saturated rings. The van der Waals surface area contributed by atoms with Crippen molar-refractivity contribution in [2.24, 2.45) is 0 Å². The van der Waals surface area contributed by atoms with Gasteiger partial charge in [0.05, 0.1) is 13.7 Å². The number of carbonyl (C=O) groups is 1. The molecule has 3 nitrogen and oxygen atoms in total. The molecule has 0 unspecified atom stereocenters. The highest BCUT2D eigenvalue weighted by Crippen LogP contribution is 2.18. The average Bonchev–Trinajstić information content (AvgIpc) is 2.57. The van der Waals surface area contributed by atoms with Crippen molar-refractivity contribution in [2.75, 3.05) is 13.7 Å². The van der Waals surface area contributed by atoms with Crippen LogP contribution in [-0.4, -0.2) is 19.7 Å². The van der Waals surface area contributed by atoms with Gasteiger partial charge in [-0.05, 0) is 18.6 Å². The molecule has 0 aromatic heterocycles. The first-order valence-electron chi connectivity index (χ1n) is 7.09. The summed E-state index contributed by atoms with van der Waals surface area (Å²) in [7, 11) is 1.37. The fraction of sp³-hybridized carbons (Fsp3) is 0.278. The molecule has 0 aliphatic heterocycles. The summed E-state index contributed by atoms with van der Waals surface area (Å²) < 4.78 is 10.2. The van der Waals surface area contributed by atoms with Gasteiger partial charge < -0.3 is 9.47 Å². The highest BCUT2D eigenvalue weighted by Gasteiger charge is 2.11. The molecule has 0 radical (unpaired) electrons. The van der Waals surface area contributed by atoms with Crippen molar-refractivity contribution in [1.82, 2.24) is 0 Å². The number of unbranched alkanes of at least 4 members (excludes halogenated alkanes) is 1. The molecule has 2 aromatic carbocycles. The molecule has 3 heteroatoms. The van der Waals surface area contributed by atoms with E-state index < -0.39 is 0 Å². The molecule has 0 amide bonds. The lowest BCUT2D eigenvalue weighted by Crippen LogP contribution is -2.06. The smallest absolute Gasteiger partial charge is 0.341 e. The van der Waals surface area contributed by atoms with E-state index in [2.05, 4.69) is 11.7 Å². The maximum Gasteiger partial charge on any atom is 0.341 e. The van der Waals surface area contributed by atoms with Gasteiger partial charge in [0.25, 0.3) is 0 Å². The van der Waals surface area contributed by atoms with E-state index in [-0.39, 0.29) is 5.97 Å². The Bertz CT molecular complexity index is 482. The van der Waals surface area contributed by atoms with Crippen LogP contribution in [0.15, 0.2) is 60.7 Å². The normalized spacial score (nSPS) is 9.24. The number of esters is 1. The maximum atomic E-state index is 11.4. The second-order valence-electron chi connectivity index (χ2n) is 4.34. The molecule has 0 saturated heterocycles. The molecule has 2 rings (SSSR count). The van der Waals surface area contributed by atoms with E-state index in [1.165, 1.54) is 7.11 Å². The van der Waals surface area contributed by atoms with E-state index in [9.17, 15) is 4.79 Å².